The van der Waals surface area contributed by atoms with Crippen LogP contribution in [0.15, 0.2) is 53.6 Å². The van der Waals surface area contributed by atoms with Crippen LogP contribution in [0.25, 0.3) is 16.7 Å². The first-order valence-corrected chi connectivity index (χ1v) is 9.87. The number of carbonyl (C=O) groups excluding carboxylic acids is 1. The lowest BCUT2D eigenvalue weighted by Crippen LogP contribution is -2.14. The molecule has 4 aromatic rings. The Kier molecular flexibility index (Phi) is 5.12. The number of rotatable bonds is 6. The van der Waals surface area contributed by atoms with Gasteiger partial charge in [-0.1, -0.05) is 30.8 Å². The van der Waals surface area contributed by atoms with Crippen LogP contribution in [-0.2, 0) is 11.2 Å². The number of aryl methyl sites for hydroxylation is 1. The molecule has 1 N–H and O–H groups in total. The van der Waals surface area contributed by atoms with Gasteiger partial charge in [0, 0.05) is 12.1 Å². The number of anilines is 1. The van der Waals surface area contributed by atoms with Crippen LogP contribution in [0.3, 0.4) is 0 Å². The third-order valence-corrected chi connectivity index (χ3v) is 5.25. The number of nitrogens with zero attached hydrogens (tertiary/aromatic N) is 4. The molecule has 0 bridgehead atoms. The minimum Gasteiger partial charge on any atom is -0.497 e. The van der Waals surface area contributed by atoms with E-state index in [4.69, 9.17) is 9.72 Å². The van der Waals surface area contributed by atoms with E-state index in [0.29, 0.717) is 10.7 Å². The van der Waals surface area contributed by atoms with Gasteiger partial charge in [0.25, 0.3) is 0 Å². The fourth-order valence-corrected chi connectivity index (χ4v) is 3.71. The van der Waals surface area contributed by atoms with Gasteiger partial charge in [-0.15, -0.1) is 10.2 Å². The minimum atomic E-state index is -0.112. The summed E-state index contributed by atoms with van der Waals surface area (Å²) >= 11 is 1.35. The van der Waals surface area contributed by atoms with Gasteiger partial charge in [-0.2, -0.15) is 0 Å². The summed E-state index contributed by atoms with van der Waals surface area (Å²) in [6.45, 7) is 2.04. The normalized spacial score (nSPS) is 11.1. The van der Waals surface area contributed by atoms with Gasteiger partial charge in [0.1, 0.15) is 16.6 Å². The van der Waals surface area contributed by atoms with Gasteiger partial charge in [0.2, 0.25) is 5.91 Å². The molecule has 142 valence electrons. The number of fused-ring (bicyclic) bond motifs is 3. The molecule has 0 saturated carbocycles. The summed E-state index contributed by atoms with van der Waals surface area (Å²) < 4.78 is 7.15. The van der Waals surface area contributed by atoms with Crippen molar-refractivity contribution in [1.82, 2.24) is 19.6 Å². The van der Waals surface area contributed by atoms with Crippen molar-refractivity contribution in [3.63, 3.8) is 0 Å². The van der Waals surface area contributed by atoms with Crippen LogP contribution in [-0.4, -0.2) is 38.4 Å². The average molecular weight is 393 g/mol. The van der Waals surface area contributed by atoms with Gasteiger partial charge in [0.05, 0.1) is 23.9 Å². The van der Waals surface area contributed by atoms with Crippen molar-refractivity contribution in [1.29, 1.82) is 0 Å². The molecule has 0 aliphatic rings. The zero-order chi connectivity index (χ0) is 19.5. The molecule has 0 spiro atoms. The lowest BCUT2D eigenvalue weighted by molar-refractivity contribution is -0.113. The summed E-state index contributed by atoms with van der Waals surface area (Å²) in [5.74, 6) is 1.73. The molecular formula is C20H19N5O2S. The van der Waals surface area contributed by atoms with Gasteiger partial charge in [-0.05, 0) is 36.4 Å². The van der Waals surface area contributed by atoms with Gasteiger partial charge < -0.3 is 10.1 Å². The highest BCUT2D eigenvalue weighted by Crippen LogP contribution is 2.26. The number of hydrogen-bond donors (Lipinski definition) is 1. The number of nitrogens with one attached hydrogen (secondary N) is 1. The topological polar surface area (TPSA) is 81.4 Å². The maximum absolute atomic E-state index is 12.4. The molecule has 0 aliphatic carbocycles. The number of amides is 1. The molecule has 0 radical (unpaired) electrons. The second-order valence-corrected chi connectivity index (χ2v) is 7.06. The van der Waals surface area contributed by atoms with Gasteiger partial charge in [0.15, 0.2) is 5.65 Å². The SMILES string of the molecule is CCc1nnc2c(SCC(=O)Nc3ccc(OC)cc3)nc3ccccc3n12. The smallest absolute Gasteiger partial charge is 0.234 e. The molecule has 2 aromatic heterocycles. The van der Waals surface area contributed by atoms with Crippen LogP contribution in [0.5, 0.6) is 5.75 Å². The minimum absolute atomic E-state index is 0.112. The maximum Gasteiger partial charge on any atom is 0.234 e. The largest absolute Gasteiger partial charge is 0.497 e. The predicted octanol–water partition coefficient (Wildman–Crippen LogP) is 3.58. The Morgan fingerprint density at radius 2 is 1.93 bits per heavy atom. The van der Waals surface area contributed by atoms with E-state index in [1.165, 1.54) is 11.8 Å². The number of ether oxygens (including phenoxy) is 1. The molecule has 0 aliphatic heterocycles. The number of thioether (sulfide) groups is 1. The van der Waals surface area contributed by atoms with E-state index in [1.807, 2.05) is 35.6 Å². The summed E-state index contributed by atoms with van der Waals surface area (Å²) in [5, 5.41) is 12.2. The number of methoxy groups -OCH3 is 1. The lowest BCUT2D eigenvalue weighted by Gasteiger charge is -2.08. The number of aromatic nitrogens is 4. The number of benzene rings is 2. The zero-order valence-electron chi connectivity index (χ0n) is 15.5. The lowest BCUT2D eigenvalue weighted by atomic mass is 10.3. The Morgan fingerprint density at radius 1 is 1.14 bits per heavy atom. The monoisotopic (exact) mass is 393 g/mol. The number of carbonyl (C=O) groups is 1. The predicted molar refractivity (Wildman–Crippen MR) is 110 cm³/mol. The van der Waals surface area contributed by atoms with Crippen LogP contribution in [0.1, 0.15) is 12.7 Å². The molecule has 0 saturated heterocycles. The molecule has 7 nitrogen and oxygen atoms in total. The first-order valence-electron chi connectivity index (χ1n) is 8.89. The van der Waals surface area contributed by atoms with Crippen LogP contribution in [0, 0.1) is 0 Å². The van der Waals surface area contributed by atoms with E-state index in [1.54, 1.807) is 31.4 Å². The maximum atomic E-state index is 12.4. The van der Waals surface area contributed by atoms with Gasteiger partial charge in [-0.25, -0.2) is 4.98 Å². The summed E-state index contributed by atoms with van der Waals surface area (Å²) in [6.07, 6.45) is 0.761. The molecule has 0 fully saturated rings. The van der Waals surface area contributed by atoms with Crippen molar-refractivity contribution in [2.24, 2.45) is 0 Å². The first-order chi connectivity index (χ1) is 13.7. The fraction of sp³-hybridized carbons (Fsp3) is 0.200. The Labute approximate surface area is 166 Å². The molecule has 0 atom stereocenters. The van der Waals surface area contributed by atoms with Crippen molar-refractivity contribution in [3.05, 3.63) is 54.4 Å². The quantitative estimate of drug-likeness (QED) is 0.504. The van der Waals surface area contributed by atoms with E-state index >= 15 is 0 Å². The summed E-state index contributed by atoms with van der Waals surface area (Å²) in [7, 11) is 1.61. The third-order valence-electron chi connectivity index (χ3n) is 4.30. The van der Waals surface area contributed by atoms with Crippen LogP contribution in [0.4, 0.5) is 5.69 Å². The number of para-hydroxylation sites is 2. The van der Waals surface area contributed by atoms with Crippen molar-refractivity contribution < 1.29 is 9.53 Å². The van der Waals surface area contributed by atoms with Crippen LogP contribution < -0.4 is 10.1 Å². The molecule has 8 heteroatoms. The highest BCUT2D eigenvalue weighted by molar-refractivity contribution is 8.00. The molecule has 2 heterocycles. The molecule has 0 unspecified atom stereocenters. The molecule has 4 rings (SSSR count). The Bertz CT molecular complexity index is 1140. The van der Waals surface area contributed by atoms with Gasteiger partial charge >= 0.3 is 0 Å². The van der Waals surface area contributed by atoms with Gasteiger partial charge in [-0.3, -0.25) is 9.20 Å². The van der Waals surface area contributed by atoms with E-state index in [-0.39, 0.29) is 11.7 Å². The molecule has 28 heavy (non-hydrogen) atoms. The zero-order valence-corrected chi connectivity index (χ0v) is 16.4. The summed E-state index contributed by atoms with van der Waals surface area (Å²) in [5.41, 5.74) is 3.21. The van der Waals surface area contributed by atoms with Crippen molar-refractivity contribution in [2.45, 2.75) is 18.4 Å². The van der Waals surface area contributed by atoms with Crippen LogP contribution >= 0.6 is 11.8 Å². The first kappa shape index (κ1) is 18.2. The summed E-state index contributed by atoms with van der Waals surface area (Å²) in [4.78, 5) is 17.1. The van der Waals surface area contributed by atoms with Crippen molar-refractivity contribution in [3.8, 4) is 5.75 Å². The standard InChI is InChI=1S/C20H19N5O2S/c1-3-17-23-24-19-20(22-15-6-4-5-7-16(15)25(17)19)28-12-18(26)21-13-8-10-14(27-2)11-9-13/h4-11H,3,12H2,1-2H3,(H,21,26). The fourth-order valence-electron chi connectivity index (χ4n) is 2.95. The third kappa shape index (κ3) is 3.50. The Morgan fingerprint density at radius 3 is 2.68 bits per heavy atom. The van der Waals surface area contributed by atoms with E-state index < -0.39 is 0 Å². The van der Waals surface area contributed by atoms with E-state index in [9.17, 15) is 4.79 Å². The second kappa shape index (κ2) is 7.85. The van der Waals surface area contributed by atoms with Crippen molar-refractivity contribution in [2.75, 3.05) is 18.2 Å². The van der Waals surface area contributed by atoms with Crippen LogP contribution in [0.2, 0.25) is 0 Å². The highest BCUT2D eigenvalue weighted by Gasteiger charge is 2.15. The Balaban J connectivity index is 1.56. The summed E-state index contributed by atoms with van der Waals surface area (Å²) in [6, 6.07) is 15.1. The molecular weight excluding hydrogens is 374 g/mol. The molecule has 2 aromatic carbocycles. The van der Waals surface area contributed by atoms with E-state index in [0.717, 1.165) is 34.7 Å². The highest BCUT2D eigenvalue weighted by atomic mass is 32.2. The second-order valence-electron chi connectivity index (χ2n) is 6.10. The average Bonchev–Trinajstić information content (AvgIpc) is 3.17. The van der Waals surface area contributed by atoms with Crippen molar-refractivity contribution >= 4 is 40.0 Å². The van der Waals surface area contributed by atoms with E-state index in [2.05, 4.69) is 15.5 Å². The molecule has 1 amide bonds. The Hall–Kier alpha value is -3.13. The number of hydrogen-bond acceptors (Lipinski definition) is 6.